The number of oxazole rings is 1. The number of ketones is 1. The summed E-state index contributed by atoms with van der Waals surface area (Å²) in [5, 5.41) is 11.8. The summed E-state index contributed by atoms with van der Waals surface area (Å²) in [7, 11) is 0. The molecule has 4 bridgehead atoms. The molecule has 0 saturated heterocycles. The molecule has 1 aliphatic heterocycles. The van der Waals surface area contributed by atoms with E-state index >= 15 is 0 Å². The average Bonchev–Trinajstić information content (AvgIpc) is 3.79. The number of nitrogens with zero attached hydrogens (tertiary/aromatic N) is 4. The fourth-order valence-corrected chi connectivity index (χ4v) is 7.08. The molecule has 14 heteroatoms. The SMILES string of the molecule is CCCC(=O)c1cn(CC(=O)N2CC(=O)N[C@@H](C(C)C)c3nc(cs3)C(=O)N[C@H](C(C)C)c3nc(c(C)o3)C(=O)N[C@H](C)C2)c2ccccc12. The number of thiazole rings is 1. The molecule has 266 valence electrons. The first-order valence-electron chi connectivity index (χ1n) is 17.0. The number of amides is 4. The first-order valence-corrected chi connectivity index (χ1v) is 17.9. The highest BCUT2D eigenvalue weighted by molar-refractivity contribution is 7.09. The molecular formula is C36H45N7O6S. The average molecular weight is 704 g/mol. The third kappa shape index (κ3) is 7.96. The van der Waals surface area contributed by atoms with Crippen molar-refractivity contribution in [3.05, 3.63) is 69.5 Å². The minimum absolute atomic E-state index is 0.00398. The van der Waals surface area contributed by atoms with Crippen LogP contribution in [0.4, 0.5) is 0 Å². The number of benzene rings is 1. The Morgan fingerprint density at radius 1 is 1.00 bits per heavy atom. The Morgan fingerprint density at radius 2 is 1.72 bits per heavy atom. The van der Waals surface area contributed by atoms with Crippen LogP contribution in [-0.2, 0) is 16.1 Å². The standard InChI is InChI=1S/C36H45N7O6S/c1-8-11-27(44)24-15-42(26-13-10-9-12-23(24)26)17-29(46)43-14-21(6)37-34(48)32-22(7)49-35(41-32)30(19(2)3)40-33(47)25-18-50-36(38-25)31(20(4)5)39-28(45)16-43/h9-10,12-13,15,18-21,30-31H,8,11,14,16-17H2,1-7H3,(H,37,48)(H,39,45)(H,40,47)/t21-,30-,31+/m1/s1. The molecule has 3 atom stereocenters. The number of aromatic nitrogens is 3. The highest BCUT2D eigenvalue weighted by Gasteiger charge is 2.31. The van der Waals surface area contributed by atoms with E-state index in [4.69, 9.17) is 4.42 Å². The lowest BCUT2D eigenvalue weighted by Crippen LogP contribution is -2.49. The monoisotopic (exact) mass is 703 g/mol. The van der Waals surface area contributed by atoms with Crippen LogP contribution in [0.15, 0.2) is 40.3 Å². The molecule has 0 saturated carbocycles. The number of hydrogen-bond donors (Lipinski definition) is 3. The Kier molecular flexibility index (Phi) is 11.2. The molecule has 50 heavy (non-hydrogen) atoms. The molecule has 0 radical (unpaired) electrons. The second kappa shape index (κ2) is 15.4. The molecule has 4 heterocycles. The maximum Gasteiger partial charge on any atom is 0.273 e. The molecule has 3 aromatic heterocycles. The van der Waals surface area contributed by atoms with Gasteiger partial charge in [-0.2, -0.15) is 0 Å². The Morgan fingerprint density at radius 3 is 2.42 bits per heavy atom. The van der Waals surface area contributed by atoms with E-state index in [1.54, 1.807) is 30.0 Å². The highest BCUT2D eigenvalue weighted by Crippen LogP contribution is 2.28. The summed E-state index contributed by atoms with van der Waals surface area (Å²) in [5.41, 5.74) is 1.52. The zero-order valence-corrected chi connectivity index (χ0v) is 30.3. The van der Waals surface area contributed by atoms with Crippen molar-refractivity contribution >= 4 is 51.7 Å². The zero-order chi connectivity index (χ0) is 36.3. The summed E-state index contributed by atoms with van der Waals surface area (Å²) in [6.07, 6.45) is 2.79. The second-order valence-electron chi connectivity index (χ2n) is 13.5. The highest BCUT2D eigenvalue weighted by atomic mass is 32.1. The van der Waals surface area contributed by atoms with Crippen LogP contribution in [0.5, 0.6) is 0 Å². The summed E-state index contributed by atoms with van der Waals surface area (Å²) in [6, 6.07) is 5.66. The molecule has 0 aliphatic carbocycles. The van der Waals surface area contributed by atoms with Gasteiger partial charge in [-0.05, 0) is 38.2 Å². The van der Waals surface area contributed by atoms with Gasteiger partial charge in [-0.15, -0.1) is 11.3 Å². The molecule has 4 amide bonds. The van der Waals surface area contributed by atoms with Gasteiger partial charge in [0.1, 0.15) is 29.0 Å². The van der Waals surface area contributed by atoms with Crippen LogP contribution in [0.3, 0.4) is 0 Å². The lowest BCUT2D eigenvalue weighted by molar-refractivity contribution is -0.137. The number of fused-ring (bicyclic) bond motifs is 5. The van der Waals surface area contributed by atoms with Crippen LogP contribution >= 0.6 is 11.3 Å². The van der Waals surface area contributed by atoms with Gasteiger partial charge >= 0.3 is 0 Å². The number of para-hydroxylation sites is 1. The number of nitrogens with one attached hydrogen (secondary N) is 3. The van der Waals surface area contributed by atoms with Crippen molar-refractivity contribution in [3.8, 4) is 0 Å². The number of hydrogen-bond acceptors (Lipinski definition) is 9. The van der Waals surface area contributed by atoms with Crippen molar-refractivity contribution < 1.29 is 28.4 Å². The van der Waals surface area contributed by atoms with E-state index < -0.39 is 35.8 Å². The molecule has 1 aliphatic rings. The zero-order valence-electron chi connectivity index (χ0n) is 29.5. The van der Waals surface area contributed by atoms with Crippen LogP contribution in [-0.4, -0.2) is 68.0 Å². The minimum atomic E-state index is -0.638. The Labute approximate surface area is 295 Å². The van der Waals surface area contributed by atoms with Crippen LogP contribution in [0.2, 0.25) is 0 Å². The minimum Gasteiger partial charge on any atom is -0.443 e. The second-order valence-corrected chi connectivity index (χ2v) is 14.4. The van der Waals surface area contributed by atoms with Crippen molar-refractivity contribution in [1.29, 1.82) is 0 Å². The largest absolute Gasteiger partial charge is 0.443 e. The van der Waals surface area contributed by atoms with Crippen molar-refractivity contribution in [2.75, 3.05) is 13.1 Å². The van der Waals surface area contributed by atoms with E-state index in [1.165, 1.54) is 16.2 Å². The Bertz CT molecular complexity index is 1910. The van der Waals surface area contributed by atoms with Gasteiger partial charge in [-0.25, -0.2) is 9.97 Å². The fraction of sp³-hybridized carbons (Fsp3) is 0.472. The quantitative estimate of drug-likeness (QED) is 0.227. The molecule has 13 nitrogen and oxygen atoms in total. The Balaban J connectivity index is 1.50. The topological polar surface area (TPSA) is 169 Å². The van der Waals surface area contributed by atoms with E-state index in [0.717, 1.165) is 10.9 Å². The number of carbonyl (C=O) groups is 5. The number of Topliss-reactive ketones (excluding diaryl/α,β-unsaturated/α-hetero) is 1. The summed E-state index contributed by atoms with van der Waals surface area (Å²) in [5.74, 6) is -1.51. The molecular weight excluding hydrogens is 659 g/mol. The van der Waals surface area contributed by atoms with Crippen LogP contribution in [0.25, 0.3) is 10.9 Å². The molecule has 4 aromatic rings. The molecule has 0 fully saturated rings. The van der Waals surface area contributed by atoms with E-state index in [1.807, 2.05) is 58.9 Å². The first-order chi connectivity index (χ1) is 23.8. The van der Waals surface area contributed by atoms with Gasteiger partial charge in [0.05, 0.1) is 12.6 Å². The maximum absolute atomic E-state index is 14.1. The first kappa shape index (κ1) is 36.4. The van der Waals surface area contributed by atoms with E-state index in [2.05, 4.69) is 25.9 Å². The van der Waals surface area contributed by atoms with Gasteiger partial charge in [0.25, 0.3) is 11.8 Å². The normalized spacial score (nSPS) is 19.3. The van der Waals surface area contributed by atoms with Gasteiger partial charge < -0.3 is 29.8 Å². The van der Waals surface area contributed by atoms with Crippen LogP contribution in [0, 0.1) is 18.8 Å². The van der Waals surface area contributed by atoms with E-state index in [0.29, 0.717) is 23.4 Å². The summed E-state index contributed by atoms with van der Waals surface area (Å²) < 4.78 is 7.64. The number of carbonyl (C=O) groups excluding carboxylic acids is 5. The van der Waals surface area contributed by atoms with E-state index in [9.17, 15) is 24.0 Å². The van der Waals surface area contributed by atoms with Crippen LogP contribution in [0.1, 0.15) is 114 Å². The van der Waals surface area contributed by atoms with Gasteiger partial charge in [-0.1, -0.05) is 52.8 Å². The third-order valence-corrected chi connectivity index (χ3v) is 9.61. The molecule has 1 aromatic carbocycles. The van der Waals surface area contributed by atoms with E-state index in [-0.39, 0.29) is 66.2 Å². The predicted octanol–water partition coefficient (Wildman–Crippen LogP) is 4.98. The van der Waals surface area contributed by atoms with Gasteiger partial charge in [0.2, 0.25) is 17.7 Å². The van der Waals surface area contributed by atoms with Crippen molar-refractivity contribution in [1.82, 2.24) is 35.4 Å². The molecule has 0 unspecified atom stereocenters. The lowest BCUT2D eigenvalue weighted by Gasteiger charge is -2.28. The predicted molar refractivity (Wildman–Crippen MR) is 189 cm³/mol. The number of aryl methyl sites for hydroxylation is 1. The maximum atomic E-state index is 14.1. The molecule has 5 rings (SSSR count). The molecule has 0 spiro atoms. The summed E-state index contributed by atoms with van der Waals surface area (Å²) in [6.45, 7) is 12.6. The van der Waals surface area contributed by atoms with Gasteiger partial charge in [0.15, 0.2) is 11.5 Å². The van der Waals surface area contributed by atoms with Crippen LogP contribution < -0.4 is 16.0 Å². The van der Waals surface area contributed by atoms with Crippen molar-refractivity contribution in [2.45, 2.75) is 86.0 Å². The number of rotatable bonds is 7. The van der Waals surface area contributed by atoms with Crippen molar-refractivity contribution in [3.63, 3.8) is 0 Å². The Hall–Kier alpha value is -4.85. The van der Waals surface area contributed by atoms with Gasteiger partial charge in [-0.3, -0.25) is 24.0 Å². The summed E-state index contributed by atoms with van der Waals surface area (Å²) in [4.78, 5) is 77.9. The third-order valence-electron chi connectivity index (χ3n) is 8.68. The fourth-order valence-electron chi connectivity index (χ4n) is 6.06. The van der Waals surface area contributed by atoms with Crippen molar-refractivity contribution in [2.24, 2.45) is 11.8 Å². The molecule has 3 N–H and O–H groups in total. The summed E-state index contributed by atoms with van der Waals surface area (Å²) >= 11 is 1.26. The smallest absolute Gasteiger partial charge is 0.273 e. The lowest BCUT2D eigenvalue weighted by atomic mass is 10.0. The van der Waals surface area contributed by atoms with Gasteiger partial charge in [0, 0.05) is 47.1 Å².